The molecule has 0 spiro atoms. The fraction of sp³-hybridized carbons (Fsp3) is 0.222. The van der Waals surface area contributed by atoms with E-state index in [0.717, 1.165) is 11.2 Å². The second-order valence-corrected chi connectivity index (χ2v) is 6.70. The fourth-order valence-electron chi connectivity index (χ4n) is 2.75. The molecule has 0 atom stereocenters. The van der Waals surface area contributed by atoms with Crippen LogP contribution in [-0.2, 0) is 0 Å². The number of fused-ring (bicyclic) bond motifs is 1. The van der Waals surface area contributed by atoms with Gasteiger partial charge in [-0.1, -0.05) is 6.07 Å². The predicted octanol–water partition coefficient (Wildman–Crippen LogP) is 2.17. The lowest BCUT2D eigenvalue weighted by atomic mass is 10.1. The summed E-state index contributed by atoms with van der Waals surface area (Å²) in [4.78, 5) is 8.75. The maximum Gasteiger partial charge on any atom is 0.199 e. The molecule has 3 aromatic heterocycles. The monoisotopic (exact) mass is 365 g/mol. The van der Waals surface area contributed by atoms with Gasteiger partial charge in [-0.25, -0.2) is 9.61 Å². The molecule has 9 nitrogen and oxygen atoms in total. The minimum atomic E-state index is -0.483. The van der Waals surface area contributed by atoms with Crippen LogP contribution < -0.4 is 16.2 Å². The molecule has 138 valence electrons. The Morgan fingerprint density at radius 3 is 2.81 bits per heavy atom. The van der Waals surface area contributed by atoms with Gasteiger partial charge < -0.3 is 16.2 Å². The van der Waals surface area contributed by atoms with Gasteiger partial charge in [0.05, 0.1) is 17.4 Å². The van der Waals surface area contributed by atoms with E-state index in [1.54, 1.807) is 12.4 Å². The normalized spacial score (nSPS) is 11.8. The van der Waals surface area contributed by atoms with E-state index in [1.807, 2.05) is 48.7 Å². The number of hydrogen-bond donors (Lipinski definition) is 2. The number of benzene rings is 1. The third-order valence-corrected chi connectivity index (χ3v) is 4.14. The zero-order valence-corrected chi connectivity index (χ0v) is 15.0. The highest BCUT2D eigenvalue weighted by Crippen LogP contribution is 2.31. The molecule has 0 radical (unpaired) electrons. The number of pyridine rings is 1. The fourth-order valence-corrected chi connectivity index (χ4v) is 2.75. The second kappa shape index (κ2) is 6.36. The van der Waals surface area contributed by atoms with Crippen LogP contribution in [-0.4, -0.2) is 37.0 Å². The second-order valence-electron chi connectivity index (χ2n) is 6.70. The minimum Gasteiger partial charge on any atom is -0.486 e. The van der Waals surface area contributed by atoms with Crippen molar-refractivity contribution in [3.8, 4) is 23.0 Å². The molecular weight excluding hydrogens is 346 g/mol. The molecule has 0 aliphatic heterocycles. The van der Waals surface area contributed by atoms with Crippen LogP contribution in [0.4, 0.5) is 5.82 Å². The molecule has 0 aliphatic rings. The summed E-state index contributed by atoms with van der Waals surface area (Å²) < 4.78 is 12.7. The maximum atomic E-state index is 6.01. The third-order valence-electron chi connectivity index (χ3n) is 4.14. The number of rotatable bonds is 5. The average Bonchev–Trinajstić information content (AvgIpc) is 3.24. The maximum absolute atomic E-state index is 6.01. The van der Waals surface area contributed by atoms with Crippen molar-refractivity contribution in [1.82, 2.24) is 24.8 Å². The summed E-state index contributed by atoms with van der Waals surface area (Å²) in [5.41, 5.74) is 13.9. The first kappa shape index (κ1) is 17.0. The molecule has 3 heterocycles. The highest BCUT2D eigenvalue weighted by atomic mass is 16.6. The van der Waals surface area contributed by atoms with Crippen LogP contribution in [0.25, 0.3) is 28.2 Å². The number of nitrogens with zero attached hydrogens (tertiary/aromatic N) is 5. The number of ether oxygens (including phenoxy) is 1. The highest BCUT2D eigenvalue weighted by Gasteiger charge is 2.22. The zero-order valence-electron chi connectivity index (χ0n) is 15.0. The summed E-state index contributed by atoms with van der Waals surface area (Å²) in [6.07, 6.45) is 3.38. The Balaban J connectivity index is 1.90. The number of anilines is 1. The van der Waals surface area contributed by atoms with Gasteiger partial charge in [0.25, 0.3) is 0 Å². The van der Waals surface area contributed by atoms with E-state index >= 15 is 0 Å². The Labute approximate surface area is 154 Å². The van der Waals surface area contributed by atoms with Crippen LogP contribution in [0.5, 0.6) is 5.75 Å². The molecule has 0 aliphatic carbocycles. The van der Waals surface area contributed by atoms with E-state index in [2.05, 4.69) is 20.3 Å². The van der Waals surface area contributed by atoms with Crippen molar-refractivity contribution < 1.29 is 9.37 Å². The molecule has 0 amide bonds. The van der Waals surface area contributed by atoms with E-state index in [0.29, 0.717) is 29.3 Å². The van der Waals surface area contributed by atoms with Crippen molar-refractivity contribution in [2.45, 2.75) is 19.4 Å². The van der Waals surface area contributed by atoms with E-state index in [1.165, 1.54) is 0 Å². The van der Waals surface area contributed by atoms with Crippen molar-refractivity contribution in [1.29, 1.82) is 0 Å². The Bertz CT molecular complexity index is 1100. The highest BCUT2D eigenvalue weighted by molar-refractivity contribution is 5.83. The molecule has 0 unspecified atom stereocenters. The smallest absolute Gasteiger partial charge is 0.199 e. The van der Waals surface area contributed by atoms with Gasteiger partial charge in [-0.2, -0.15) is 0 Å². The number of imidazole rings is 1. The van der Waals surface area contributed by atoms with Crippen molar-refractivity contribution in [2.24, 2.45) is 5.73 Å². The third kappa shape index (κ3) is 3.08. The van der Waals surface area contributed by atoms with Gasteiger partial charge in [-0.15, -0.1) is 0 Å². The number of nitrogens with two attached hydrogens (primary N) is 2. The van der Waals surface area contributed by atoms with E-state index in [9.17, 15) is 0 Å². The molecule has 4 aromatic rings. The minimum absolute atomic E-state index is 0.163. The molecule has 27 heavy (non-hydrogen) atoms. The first-order valence-corrected chi connectivity index (χ1v) is 8.39. The van der Waals surface area contributed by atoms with Gasteiger partial charge in [0.1, 0.15) is 16.9 Å². The number of nitrogen functional groups attached to an aromatic ring is 1. The molecule has 0 fully saturated rings. The van der Waals surface area contributed by atoms with Crippen LogP contribution in [0.1, 0.15) is 13.8 Å². The summed E-state index contributed by atoms with van der Waals surface area (Å²) in [6.45, 7) is 4.26. The molecule has 0 saturated carbocycles. The number of hydrogen-bond acceptors (Lipinski definition) is 8. The lowest BCUT2D eigenvalue weighted by Crippen LogP contribution is -2.37. The molecular formula is C18H19N7O2. The molecule has 4 rings (SSSR count). The van der Waals surface area contributed by atoms with E-state index in [4.69, 9.17) is 20.8 Å². The van der Waals surface area contributed by atoms with Gasteiger partial charge in [-0.3, -0.25) is 9.55 Å². The van der Waals surface area contributed by atoms with Crippen LogP contribution in [0.3, 0.4) is 0 Å². The average molecular weight is 365 g/mol. The van der Waals surface area contributed by atoms with Gasteiger partial charge in [0, 0.05) is 18.8 Å². The summed E-state index contributed by atoms with van der Waals surface area (Å²) in [7, 11) is 0. The van der Waals surface area contributed by atoms with Crippen molar-refractivity contribution in [3.05, 3.63) is 42.7 Å². The predicted molar refractivity (Wildman–Crippen MR) is 100 cm³/mol. The number of aromatic nitrogens is 5. The summed E-state index contributed by atoms with van der Waals surface area (Å²) >= 11 is 0. The van der Waals surface area contributed by atoms with Crippen LogP contribution in [0.2, 0.25) is 0 Å². The molecule has 0 bridgehead atoms. The Morgan fingerprint density at radius 1 is 1.22 bits per heavy atom. The summed E-state index contributed by atoms with van der Waals surface area (Å²) in [5.74, 6) is 1.36. The van der Waals surface area contributed by atoms with Crippen molar-refractivity contribution in [3.63, 3.8) is 0 Å². The molecule has 1 aromatic carbocycles. The van der Waals surface area contributed by atoms with Crippen molar-refractivity contribution in [2.75, 3.05) is 12.3 Å². The summed E-state index contributed by atoms with van der Waals surface area (Å²) in [6, 6.07) is 9.50. The standard InChI is InChI=1S/C18H19N7O2/c1-18(2,10-19)26-12-5-3-4-11(8-12)25-14-6-7-21-9-13(14)22-17(25)15-16(20)24-27-23-15/h3-9H,10,19H2,1-2H3,(H2,20,24). The van der Waals surface area contributed by atoms with E-state index in [-0.39, 0.29) is 5.82 Å². The van der Waals surface area contributed by atoms with Gasteiger partial charge in [-0.05, 0) is 42.4 Å². The molecule has 0 saturated heterocycles. The zero-order chi connectivity index (χ0) is 19.0. The first-order valence-electron chi connectivity index (χ1n) is 8.39. The van der Waals surface area contributed by atoms with Gasteiger partial charge >= 0.3 is 0 Å². The SMILES string of the molecule is CC(C)(CN)Oc1cccc(-n2c(-c3nonc3N)nc3cnccc32)c1. The van der Waals surface area contributed by atoms with Crippen LogP contribution >= 0.6 is 0 Å². The Kier molecular flexibility index (Phi) is 4.00. The molecule has 4 N–H and O–H groups in total. The van der Waals surface area contributed by atoms with Gasteiger partial charge in [0.15, 0.2) is 17.3 Å². The largest absolute Gasteiger partial charge is 0.486 e. The van der Waals surface area contributed by atoms with Crippen LogP contribution in [0, 0.1) is 0 Å². The molecule has 9 heteroatoms. The van der Waals surface area contributed by atoms with E-state index < -0.39 is 5.60 Å². The lowest BCUT2D eigenvalue weighted by Gasteiger charge is -2.25. The Hall–Kier alpha value is -3.46. The van der Waals surface area contributed by atoms with Crippen LogP contribution in [0.15, 0.2) is 47.4 Å². The Morgan fingerprint density at radius 2 is 2.07 bits per heavy atom. The first-order chi connectivity index (χ1) is 13.0. The quantitative estimate of drug-likeness (QED) is 0.550. The topological polar surface area (TPSA) is 131 Å². The lowest BCUT2D eigenvalue weighted by molar-refractivity contribution is 0.119. The van der Waals surface area contributed by atoms with Gasteiger partial charge in [0.2, 0.25) is 0 Å². The summed E-state index contributed by atoms with van der Waals surface area (Å²) in [5, 5.41) is 7.56. The van der Waals surface area contributed by atoms with Crippen molar-refractivity contribution >= 4 is 16.9 Å².